The number of hydrogen-bond donors (Lipinski definition) is 0. The van der Waals surface area contributed by atoms with E-state index in [1.807, 2.05) is 0 Å². The quantitative estimate of drug-likeness (QED) is 0.516. The van der Waals surface area contributed by atoms with Crippen LogP contribution in [-0.4, -0.2) is 39.9 Å². The number of benzene rings is 2. The molecule has 0 N–H and O–H groups in total. The van der Waals surface area contributed by atoms with Crippen LogP contribution in [0, 0.1) is 0 Å². The lowest BCUT2D eigenvalue weighted by molar-refractivity contribution is 0.0450. The van der Waals surface area contributed by atoms with Crippen molar-refractivity contribution in [1.82, 2.24) is 0 Å². The summed E-state index contributed by atoms with van der Waals surface area (Å²) in [6, 6.07) is 11.4. The van der Waals surface area contributed by atoms with E-state index in [2.05, 4.69) is 0 Å². The van der Waals surface area contributed by atoms with Crippen LogP contribution in [0.15, 0.2) is 42.5 Å². The lowest BCUT2D eigenvalue weighted by Crippen LogP contribution is -2.25. The molecule has 0 unspecified atom stereocenters. The van der Waals surface area contributed by atoms with Crippen molar-refractivity contribution < 1.29 is 22.7 Å². The second-order valence-electron chi connectivity index (χ2n) is 5.83. The molecule has 9 heteroatoms. The Morgan fingerprint density at radius 2 is 1.78 bits per heavy atom. The summed E-state index contributed by atoms with van der Waals surface area (Å²) in [4.78, 5) is 12.2. The van der Waals surface area contributed by atoms with Crippen LogP contribution < -0.4 is 9.04 Å². The number of anilines is 1. The van der Waals surface area contributed by atoms with Gasteiger partial charge in [-0.15, -0.1) is 0 Å². The number of carbonyl (C=O) groups is 1. The largest absolute Gasteiger partial charge is 0.487 e. The van der Waals surface area contributed by atoms with E-state index in [4.69, 9.17) is 32.7 Å². The number of esters is 1. The Balaban J connectivity index is 1.58. The first-order valence-electron chi connectivity index (χ1n) is 8.23. The third-order valence-corrected chi connectivity index (χ3v) is 6.42. The van der Waals surface area contributed by atoms with Crippen molar-refractivity contribution in [3.63, 3.8) is 0 Å². The van der Waals surface area contributed by atoms with Gasteiger partial charge in [-0.3, -0.25) is 4.31 Å². The first-order valence-corrected chi connectivity index (χ1v) is 10.6. The van der Waals surface area contributed by atoms with Gasteiger partial charge >= 0.3 is 5.97 Å². The van der Waals surface area contributed by atoms with E-state index in [0.29, 0.717) is 34.4 Å². The molecule has 27 heavy (non-hydrogen) atoms. The Bertz CT molecular complexity index is 928. The zero-order valence-corrected chi connectivity index (χ0v) is 16.6. The zero-order chi connectivity index (χ0) is 19.4. The smallest absolute Gasteiger partial charge is 0.338 e. The number of sulfonamides is 1. The highest BCUT2D eigenvalue weighted by Gasteiger charge is 2.28. The van der Waals surface area contributed by atoms with Gasteiger partial charge in [0.05, 0.1) is 27.0 Å². The number of nitrogens with zero attached hydrogens (tertiary/aromatic N) is 1. The van der Waals surface area contributed by atoms with Crippen molar-refractivity contribution in [3.05, 3.63) is 58.1 Å². The summed E-state index contributed by atoms with van der Waals surface area (Å²) < 4.78 is 36.0. The molecule has 2 aromatic rings. The monoisotopic (exact) mass is 429 g/mol. The van der Waals surface area contributed by atoms with Gasteiger partial charge in [-0.2, -0.15) is 0 Å². The topological polar surface area (TPSA) is 72.9 Å². The molecule has 1 fully saturated rings. The third-order valence-electron chi connectivity index (χ3n) is 3.95. The summed E-state index contributed by atoms with van der Waals surface area (Å²) in [7, 11) is -3.31. The van der Waals surface area contributed by atoms with Crippen LogP contribution in [0.2, 0.25) is 10.0 Å². The van der Waals surface area contributed by atoms with Crippen LogP contribution in [0.25, 0.3) is 0 Å². The Labute approximate surface area is 167 Å². The molecule has 1 aliphatic rings. The van der Waals surface area contributed by atoms with Crippen molar-refractivity contribution in [2.75, 3.05) is 29.8 Å². The Morgan fingerprint density at radius 1 is 1.07 bits per heavy atom. The average molecular weight is 430 g/mol. The van der Waals surface area contributed by atoms with Crippen molar-refractivity contribution in [3.8, 4) is 5.75 Å². The maximum atomic E-state index is 12.2. The predicted octanol–water partition coefficient (Wildman–Crippen LogP) is 3.77. The molecule has 6 nitrogen and oxygen atoms in total. The normalized spacial score (nSPS) is 15.6. The van der Waals surface area contributed by atoms with Gasteiger partial charge in [0.25, 0.3) is 0 Å². The molecule has 3 rings (SSSR count). The van der Waals surface area contributed by atoms with E-state index < -0.39 is 16.0 Å². The second-order valence-corrected chi connectivity index (χ2v) is 8.65. The van der Waals surface area contributed by atoms with Gasteiger partial charge in [-0.1, -0.05) is 35.3 Å². The van der Waals surface area contributed by atoms with Crippen LogP contribution in [0.5, 0.6) is 5.75 Å². The zero-order valence-electron chi connectivity index (χ0n) is 14.2. The minimum atomic E-state index is -3.31. The molecule has 2 aromatic carbocycles. The lowest BCUT2D eigenvalue weighted by atomic mass is 10.2. The molecule has 0 aromatic heterocycles. The van der Waals surface area contributed by atoms with Crippen LogP contribution >= 0.6 is 23.2 Å². The fraction of sp³-hybridized carbons (Fsp3) is 0.278. The van der Waals surface area contributed by atoms with E-state index in [-0.39, 0.29) is 24.5 Å². The summed E-state index contributed by atoms with van der Waals surface area (Å²) in [5.41, 5.74) is 0.728. The molecule has 0 atom stereocenters. The average Bonchev–Trinajstić information content (AvgIpc) is 2.99. The molecule has 144 valence electrons. The number of para-hydroxylation sites is 1. The van der Waals surface area contributed by atoms with E-state index in [1.165, 1.54) is 10.4 Å². The minimum absolute atomic E-state index is 0.00732. The van der Waals surface area contributed by atoms with E-state index >= 15 is 0 Å². The van der Waals surface area contributed by atoms with Gasteiger partial charge in [-0.25, -0.2) is 13.2 Å². The summed E-state index contributed by atoms with van der Waals surface area (Å²) in [6.45, 7) is 0.481. The molecular weight excluding hydrogens is 413 g/mol. The molecule has 1 heterocycles. The SMILES string of the molecule is O=C(OCCOc1c(Cl)cccc1Cl)c1cccc(N2CCCS2(=O)=O)c1. The number of hydrogen-bond acceptors (Lipinski definition) is 5. The molecule has 0 bridgehead atoms. The fourth-order valence-corrected chi connectivity index (χ4v) is 4.76. The standard InChI is InChI=1S/C18H17Cl2NO5S/c19-15-6-2-7-16(20)17(15)25-9-10-26-18(22)13-4-1-5-14(12-13)21-8-3-11-27(21,23)24/h1-2,4-7,12H,3,8-11H2. The number of ether oxygens (including phenoxy) is 2. The summed E-state index contributed by atoms with van der Waals surface area (Å²) in [6.07, 6.45) is 0.568. The van der Waals surface area contributed by atoms with Crippen LogP contribution in [0.3, 0.4) is 0 Å². The van der Waals surface area contributed by atoms with Crippen molar-refractivity contribution in [1.29, 1.82) is 0 Å². The van der Waals surface area contributed by atoms with E-state index in [1.54, 1.807) is 36.4 Å². The highest BCUT2D eigenvalue weighted by atomic mass is 35.5. The van der Waals surface area contributed by atoms with Crippen LogP contribution in [0.4, 0.5) is 5.69 Å². The van der Waals surface area contributed by atoms with Gasteiger partial charge in [0.2, 0.25) is 10.0 Å². The van der Waals surface area contributed by atoms with Crippen LogP contribution in [0.1, 0.15) is 16.8 Å². The predicted molar refractivity (Wildman–Crippen MR) is 104 cm³/mol. The summed E-state index contributed by atoms with van der Waals surface area (Å²) in [5.74, 6) is -0.121. The number of halogens is 2. The Morgan fingerprint density at radius 3 is 2.44 bits per heavy atom. The molecule has 1 aliphatic heterocycles. The molecule has 0 spiro atoms. The highest BCUT2D eigenvalue weighted by Crippen LogP contribution is 2.32. The van der Waals surface area contributed by atoms with Crippen molar-refractivity contribution in [2.45, 2.75) is 6.42 Å². The number of rotatable bonds is 6. The molecule has 0 radical (unpaired) electrons. The molecular formula is C18H17Cl2NO5S. The maximum Gasteiger partial charge on any atom is 0.338 e. The van der Waals surface area contributed by atoms with Gasteiger partial charge < -0.3 is 9.47 Å². The number of carbonyl (C=O) groups excluding carboxylic acids is 1. The third kappa shape index (κ3) is 4.66. The lowest BCUT2D eigenvalue weighted by Gasteiger charge is -2.17. The minimum Gasteiger partial charge on any atom is -0.487 e. The van der Waals surface area contributed by atoms with Gasteiger partial charge in [0.1, 0.15) is 13.2 Å². The van der Waals surface area contributed by atoms with Gasteiger partial charge in [-0.05, 0) is 36.8 Å². The Kier molecular flexibility index (Phi) is 6.14. The first-order chi connectivity index (χ1) is 12.9. The molecule has 0 aliphatic carbocycles. The van der Waals surface area contributed by atoms with Gasteiger partial charge in [0, 0.05) is 6.54 Å². The van der Waals surface area contributed by atoms with Gasteiger partial charge in [0.15, 0.2) is 5.75 Å². The highest BCUT2D eigenvalue weighted by molar-refractivity contribution is 7.93. The molecule has 0 saturated carbocycles. The maximum absolute atomic E-state index is 12.2. The summed E-state index contributed by atoms with van der Waals surface area (Å²) in [5, 5.41) is 0.738. The Hall–Kier alpha value is -1.96. The fourth-order valence-electron chi connectivity index (χ4n) is 2.70. The first kappa shape index (κ1) is 19.8. The van der Waals surface area contributed by atoms with E-state index in [0.717, 1.165) is 0 Å². The second kappa shape index (κ2) is 8.37. The van der Waals surface area contributed by atoms with Crippen LogP contribution in [-0.2, 0) is 14.8 Å². The summed E-state index contributed by atoms with van der Waals surface area (Å²) >= 11 is 12.0. The molecule has 1 saturated heterocycles. The molecule has 0 amide bonds. The van der Waals surface area contributed by atoms with Crippen molar-refractivity contribution >= 4 is 44.9 Å². The van der Waals surface area contributed by atoms with Crippen molar-refractivity contribution in [2.24, 2.45) is 0 Å². The van der Waals surface area contributed by atoms with E-state index in [9.17, 15) is 13.2 Å².